The highest BCUT2D eigenvalue weighted by Crippen LogP contribution is 2.28. The first-order valence-corrected chi connectivity index (χ1v) is 8.86. The van der Waals surface area contributed by atoms with Gasteiger partial charge >= 0.3 is 10.2 Å². The van der Waals surface area contributed by atoms with E-state index in [1.54, 1.807) is 0 Å². The first-order valence-electron chi connectivity index (χ1n) is 7.30. The van der Waals surface area contributed by atoms with Gasteiger partial charge in [-0.25, -0.2) is 0 Å². The average molecular weight is 333 g/mol. The van der Waals surface area contributed by atoms with Crippen molar-refractivity contribution in [2.45, 2.75) is 6.42 Å². The van der Waals surface area contributed by atoms with Gasteiger partial charge in [-0.3, -0.25) is 4.79 Å². The monoisotopic (exact) mass is 333 g/mol. The van der Waals surface area contributed by atoms with Crippen LogP contribution >= 0.6 is 0 Å². The summed E-state index contributed by atoms with van der Waals surface area (Å²) in [5, 5.41) is 0. The number of hydrogen-bond acceptors (Lipinski definition) is 3. The highest BCUT2D eigenvalue weighted by Gasteiger charge is 2.33. The average Bonchev–Trinajstić information content (AvgIpc) is 2.87. The minimum atomic E-state index is -4.56. The van der Waals surface area contributed by atoms with E-state index < -0.39 is 21.9 Å². The molecule has 1 aliphatic heterocycles. The van der Waals surface area contributed by atoms with Gasteiger partial charge in [0.25, 0.3) is 0 Å². The molecule has 0 aromatic heterocycles. The molecule has 2 aromatic rings. The first kappa shape index (κ1) is 15.7. The van der Waals surface area contributed by atoms with E-state index in [0.29, 0.717) is 5.69 Å². The summed E-state index contributed by atoms with van der Waals surface area (Å²) in [4.78, 5) is 13.6. The summed E-state index contributed by atoms with van der Waals surface area (Å²) in [6, 6.07) is 17.3. The fourth-order valence-corrected chi connectivity index (χ4v) is 3.68. The standard InChI is InChI=1S/C17H16FNO3S/c18-23(21,22)12-13-10-17(20)19(11-13)16-8-6-15(7-9-16)14-4-2-1-3-5-14/h1-9,13H,10-12H2. The van der Waals surface area contributed by atoms with Crippen molar-refractivity contribution in [3.05, 3.63) is 54.6 Å². The van der Waals surface area contributed by atoms with E-state index in [-0.39, 0.29) is 18.9 Å². The topological polar surface area (TPSA) is 54.5 Å². The number of halogens is 1. The molecule has 120 valence electrons. The number of carbonyl (C=O) groups excluding carboxylic acids is 1. The Morgan fingerprint density at radius 1 is 1.00 bits per heavy atom. The van der Waals surface area contributed by atoms with Crippen molar-refractivity contribution in [3.63, 3.8) is 0 Å². The van der Waals surface area contributed by atoms with Gasteiger partial charge in [-0.1, -0.05) is 42.5 Å². The second-order valence-electron chi connectivity index (χ2n) is 5.69. The molecule has 0 bridgehead atoms. The van der Waals surface area contributed by atoms with Gasteiger partial charge in [0, 0.05) is 24.6 Å². The Balaban J connectivity index is 1.76. The molecule has 0 aliphatic carbocycles. The number of benzene rings is 2. The van der Waals surface area contributed by atoms with Crippen molar-refractivity contribution in [1.29, 1.82) is 0 Å². The van der Waals surface area contributed by atoms with Gasteiger partial charge in [-0.05, 0) is 23.3 Å². The zero-order valence-corrected chi connectivity index (χ0v) is 13.2. The molecule has 1 unspecified atom stereocenters. The zero-order valence-electron chi connectivity index (χ0n) is 12.4. The Labute approximate surface area is 134 Å². The lowest BCUT2D eigenvalue weighted by atomic mass is 10.1. The third-order valence-electron chi connectivity index (χ3n) is 3.93. The summed E-state index contributed by atoms with van der Waals surface area (Å²) in [7, 11) is -4.56. The van der Waals surface area contributed by atoms with Crippen molar-refractivity contribution in [2.75, 3.05) is 17.2 Å². The number of nitrogens with zero attached hydrogens (tertiary/aromatic N) is 1. The second kappa shape index (κ2) is 6.12. The Morgan fingerprint density at radius 3 is 2.22 bits per heavy atom. The molecule has 0 saturated carbocycles. The number of rotatable bonds is 4. The normalized spacial score (nSPS) is 18.4. The Morgan fingerprint density at radius 2 is 1.61 bits per heavy atom. The molecule has 0 N–H and O–H groups in total. The lowest BCUT2D eigenvalue weighted by molar-refractivity contribution is -0.117. The van der Waals surface area contributed by atoms with Crippen LogP contribution in [-0.4, -0.2) is 26.6 Å². The number of anilines is 1. The van der Waals surface area contributed by atoms with Gasteiger partial charge in [-0.2, -0.15) is 8.42 Å². The number of amides is 1. The molecular formula is C17H16FNO3S. The summed E-state index contributed by atoms with van der Waals surface area (Å²) >= 11 is 0. The SMILES string of the molecule is O=C1CC(CS(=O)(=O)F)CN1c1ccc(-c2ccccc2)cc1. The van der Waals surface area contributed by atoms with E-state index >= 15 is 0 Å². The van der Waals surface area contributed by atoms with Crippen molar-refractivity contribution in [2.24, 2.45) is 5.92 Å². The lowest BCUT2D eigenvalue weighted by Crippen LogP contribution is -2.25. The van der Waals surface area contributed by atoms with Crippen molar-refractivity contribution in [1.82, 2.24) is 0 Å². The van der Waals surface area contributed by atoms with Crippen LogP contribution in [0.25, 0.3) is 11.1 Å². The third-order valence-corrected chi connectivity index (χ3v) is 4.80. The van der Waals surface area contributed by atoms with Crippen LogP contribution in [0.15, 0.2) is 54.6 Å². The van der Waals surface area contributed by atoms with Crippen LogP contribution in [0, 0.1) is 5.92 Å². The van der Waals surface area contributed by atoms with Gasteiger partial charge in [0.2, 0.25) is 5.91 Å². The first-order chi connectivity index (χ1) is 10.9. The summed E-state index contributed by atoms with van der Waals surface area (Å²) in [6.45, 7) is 0.229. The second-order valence-corrected chi connectivity index (χ2v) is 7.10. The molecule has 1 saturated heterocycles. The van der Waals surface area contributed by atoms with E-state index in [1.165, 1.54) is 4.90 Å². The molecule has 1 amide bonds. The van der Waals surface area contributed by atoms with Gasteiger partial charge in [0.15, 0.2) is 0 Å². The highest BCUT2D eigenvalue weighted by atomic mass is 32.3. The summed E-state index contributed by atoms with van der Waals surface area (Å²) in [5.41, 5.74) is 2.81. The quantitative estimate of drug-likeness (QED) is 0.808. The Hall–Kier alpha value is -2.21. The highest BCUT2D eigenvalue weighted by molar-refractivity contribution is 7.86. The van der Waals surface area contributed by atoms with Crippen LogP contribution in [0.2, 0.25) is 0 Å². The molecule has 1 atom stereocenters. The molecule has 0 radical (unpaired) electrons. The summed E-state index contributed by atoms with van der Waals surface area (Å²) in [5.74, 6) is -1.27. The van der Waals surface area contributed by atoms with E-state index in [0.717, 1.165) is 11.1 Å². The minimum absolute atomic E-state index is 0.0591. The number of carbonyl (C=O) groups is 1. The van der Waals surface area contributed by atoms with Gasteiger partial charge in [0.1, 0.15) is 0 Å². The fraction of sp³-hybridized carbons (Fsp3) is 0.235. The van der Waals surface area contributed by atoms with Crippen molar-refractivity contribution >= 4 is 21.8 Å². The predicted molar refractivity (Wildman–Crippen MR) is 87.2 cm³/mol. The smallest absolute Gasteiger partial charge is 0.302 e. The summed E-state index contributed by atoms with van der Waals surface area (Å²) in [6.07, 6.45) is 0.0591. The predicted octanol–water partition coefficient (Wildman–Crippen LogP) is 3.01. The molecule has 4 nitrogen and oxygen atoms in total. The molecular weight excluding hydrogens is 317 g/mol. The maximum Gasteiger partial charge on any atom is 0.302 e. The largest absolute Gasteiger partial charge is 0.312 e. The molecule has 23 heavy (non-hydrogen) atoms. The van der Waals surface area contributed by atoms with E-state index in [1.807, 2.05) is 54.6 Å². The van der Waals surface area contributed by atoms with Gasteiger partial charge in [-0.15, -0.1) is 3.89 Å². The van der Waals surface area contributed by atoms with Crippen LogP contribution in [0.1, 0.15) is 6.42 Å². The zero-order chi connectivity index (χ0) is 16.4. The van der Waals surface area contributed by atoms with Crippen LogP contribution < -0.4 is 4.90 Å². The number of hydrogen-bond donors (Lipinski definition) is 0. The third kappa shape index (κ3) is 3.76. The van der Waals surface area contributed by atoms with E-state index in [9.17, 15) is 17.1 Å². The lowest BCUT2D eigenvalue weighted by Gasteiger charge is -2.17. The van der Waals surface area contributed by atoms with Gasteiger partial charge < -0.3 is 4.90 Å². The minimum Gasteiger partial charge on any atom is -0.312 e. The Bertz CT molecular complexity index is 803. The maximum absolute atomic E-state index is 12.8. The van der Waals surface area contributed by atoms with Gasteiger partial charge in [0.05, 0.1) is 5.75 Å². The molecule has 1 fully saturated rings. The molecule has 2 aromatic carbocycles. The van der Waals surface area contributed by atoms with Crippen molar-refractivity contribution < 1.29 is 17.1 Å². The molecule has 1 heterocycles. The molecule has 0 spiro atoms. The maximum atomic E-state index is 12.8. The molecule has 1 aliphatic rings. The molecule has 6 heteroatoms. The van der Waals surface area contributed by atoms with Crippen LogP contribution in [0.5, 0.6) is 0 Å². The molecule has 3 rings (SSSR count). The van der Waals surface area contributed by atoms with E-state index in [2.05, 4.69) is 0 Å². The fourth-order valence-electron chi connectivity index (χ4n) is 2.89. The Kier molecular flexibility index (Phi) is 4.17. The van der Waals surface area contributed by atoms with Crippen molar-refractivity contribution in [3.8, 4) is 11.1 Å². The summed E-state index contributed by atoms with van der Waals surface area (Å²) < 4.78 is 34.3. The van der Waals surface area contributed by atoms with E-state index in [4.69, 9.17) is 0 Å². The van der Waals surface area contributed by atoms with Crippen LogP contribution in [-0.2, 0) is 15.0 Å². The van der Waals surface area contributed by atoms with Crippen LogP contribution in [0.3, 0.4) is 0 Å². The van der Waals surface area contributed by atoms with Crippen LogP contribution in [0.4, 0.5) is 9.57 Å².